The number of carbonyl (C=O) groups is 2. The lowest BCUT2D eigenvalue weighted by Gasteiger charge is -2.11. The Labute approximate surface area is 198 Å². The van der Waals surface area contributed by atoms with E-state index in [1.54, 1.807) is 24.3 Å². The van der Waals surface area contributed by atoms with Crippen LogP contribution in [-0.4, -0.2) is 35.1 Å². The Morgan fingerprint density at radius 3 is 2.50 bits per heavy atom. The molecule has 0 aliphatic heterocycles. The maximum atomic E-state index is 12.5. The van der Waals surface area contributed by atoms with Gasteiger partial charge < -0.3 is 20.5 Å². The standard InChI is InChI=1S/C23H19BrClN3O4/c24-18-3-1-2-4-20(18)32-17-8-5-15(6-9-17)13-19(23(31)26-11-12-29)28-22(30)16-7-10-21(25)27-14-16/h1-10,13-14,29H,11-12H2,(H,26,31)(H,28,30). The summed E-state index contributed by atoms with van der Waals surface area (Å²) in [6, 6.07) is 17.5. The average Bonchev–Trinajstić information content (AvgIpc) is 2.80. The Kier molecular flexibility index (Phi) is 8.38. The fourth-order valence-electron chi connectivity index (χ4n) is 2.58. The number of carbonyl (C=O) groups excluding carboxylic acids is 2. The van der Waals surface area contributed by atoms with Crippen molar-refractivity contribution in [2.75, 3.05) is 13.2 Å². The third kappa shape index (κ3) is 6.65. The molecule has 0 saturated carbocycles. The van der Waals surface area contributed by atoms with Crippen LogP contribution in [0.2, 0.25) is 5.15 Å². The molecule has 32 heavy (non-hydrogen) atoms. The number of hydrogen-bond acceptors (Lipinski definition) is 5. The van der Waals surface area contributed by atoms with E-state index in [2.05, 4.69) is 31.5 Å². The number of aromatic nitrogens is 1. The first kappa shape index (κ1) is 23.5. The molecule has 0 radical (unpaired) electrons. The second kappa shape index (κ2) is 11.4. The molecule has 3 aromatic rings. The van der Waals surface area contributed by atoms with Gasteiger partial charge in [-0.05, 0) is 64.0 Å². The SMILES string of the molecule is O=C(NCCO)C(=Cc1ccc(Oc2ccccc2Br)cc1)NC(=O)c1ccc(Cl)nc1. The van der Waals surface area contributed by atoms with E-state index in [1.165, 1.54) is 24.4 Å². The largest absolute Gasteiger partial charge is 0.456 e. The van der Waals surface area contributed by atoms with Crippen LogP contribution in [0.15, 0.2) is 77.0 Å². The minimum Gasteiger partial charge on any atom is -0.456 e. The van der Waals surface area contributed by atoms with Crippen LogP contribution >= 0.6 is 27.5 Å². The van der Waals surface area contributed by atoms with Crippen LogP contribution in [0.25, 0.3) is 6.08 Å². The summed E-state index contributed by atoms with van der Waals surface area (Å²) in [5, 5.41) is 14.3. The Morgan fingerprint density at radius 2 is 1.84 bits per heavy atom. The molecule has 2 aromatic carbocycles. The molecule has 0 saturated heterocycles. The minimum atomic E-state index is -0.539. The Balaban J connectivity index is 1.79. The first-order valence-corrected chi connectivity index (χ1v) is 10.7. The van der Waals surface area contributed by atoms with E-state index in [-0.39, 0.29) is 29.6 Å². The second-order valence-electron chi connectivity index (χ2n) is 6.46. The molecule has 3 N–H and O–H groups in total. The van der Waals surface area contributed by atoms with Crippen molar-refractivity contribution in [1.82, 2.24) is 15.6 Å². The molecule has 164 valence electrons. The van der Waals surface area contributed by atoms with Gasteiger partial charge in [-0.1, -0.05) is 35.9 Å². The first-order valence-electron chi connectivity index (χ1n) is 9.52. The summed E-state index contributed by atoms with van der Waals surface area (Å²) in [4.78, 5) is 28.9. The molecule has 0 fully saturated rings. The van der Waals surface area contributed by atoms with Crippen molar-refractivity contribution >= 4 is 45.4 Å². The smallest absolute Gasteiger partial charge is 0.267 e. The monoisotopic (exact) mass is 515 g/mol. The summed E-state index contributed by atoms with van der Waals surface area (Å²) < 4.78 is 6.66. The van der Waals surface area contributed by atoms with E-state index in [1.807, 2.05) is 24.3 Å². The van der Waals surface area contributed by atoms with Crippen LogP contribution in [0.4, 0.5) is 0 Å². The molecule has 1 heterocycles. The maximum Gasteiger partial charge on any atom is 0.267 e. The fraction of sp³-hybridized carbons (Fsp3) is 0.0870. The molecule has 1 aromatic heterocycles. The van der Waals surface area contributed by atoms with Crippen LogP contribution in [0, 0.1) is 0 Å². The average molecular weight is 517 g/mol. The molecule has 0 aliphatic carbocycles. The number of pyridine rings is 1. The van der Waals surface area contributed by atoms with Crippen LogP contribution in [-0.2, 0) is 4.79 Å². The first-order chi connectivity index (χ1) is 15.5. The number of rotatable bonds is 8. The number of nitrogens with zero attached hydrogens (tertiary/aromatic N) is 1. The number of nitrogens with one attached hydrogen (secondary N) is 2. The number of para-hydroxylation sites is 1. The van der Waals surface area contributed by atoms with Crippen molar-refractivity contribution in [3.05, 3.63) is 93.3 Å². The van der Waals surface area contributed by atoms with Gasteiger partial charge in [0.1, 0.15) is 22.3 Å². The van der Waals surface area contributed by atoms with Crippen molar-refractivity contribution in [3.63, 3.8) is 0 Å². The molecule has 0 bridgehead atoms. The van der Waals surface area contributed by atoms with E-state index in [9.17, 15) is 9.59 Å². The molecular formula is C23H19BrClN3O4. The molecule has 3 rings (SSSR count). The fourth-order valence-corrected chi connectivity index (χ4v) is 3.06. The van der Waals surface area contributed by atoms with Gasteiger partial charge in [0.2, 0.25) is 0 Å². The van der Waals surface area contributed by atoms with Crippen molar-refractivity contribution in [2.24, 2.45) is 0 Å². The molecule has 7 nitrogen and oxygen atoms in total. The number of aliphatic hydroxyl groups is 1. The van der Waals surface area contributed by atoms with Gasteiger partial charge >= 0.3 is 0 Å². The summed E-state index contributed by atoms with van der Waals surface area (Å²) in [6.45, 7) is -0.178. The Hall–Kier alpha value is -3.20. The molecule has 0 spiro atoms. The minimum absolute atomic E-state index is 0.0119. The normalized spacial score (nSPS) is 11.0. The lowest BCUT2D eigenvalue weighted by atomic mass is 10.1. The zero-order valence-corrected chi connectivity index (χ0v) is 19.1. The van der Waals surface area contributed by atoms with E-state index >= 15 is 0 Å². The van der Waals surface area contributed by atoms with Crippen LogP contribution in [0.5, 0.6) is 11.5 Å². The van der Waals surface area contributed by atoms with Crippen molar-refractivity contribution < 1.29 is 19.4 Å². The van der Waals surface area contributed by atoms with E-state index in [0.29, 0.717) is 17.1 Å². The molecular weight excluding hydrogens is 498 g/mol. The molecule has 9 heteroatoms. The van der Waals surface area contributed by atoms with Gasteiger partial charge in [-0.15, -0.1) is 0 Å². The zero-order valence-electron chi connectivity index (χ0n) is 16.7. The quantitative estimate of drug-likeness (QED) is 0.308. The van der Waals surface area contributed by atoms with Crippen LogP contribution in [0.3, 0.4) is 0 Å². The predicted molar refractivity (Wildman–Crippen MR) is 125 cm³/mol. The maximum absolute atomic E-state index is 12.5. The number of aliphatic hydroxyl groups excluding tert-OH is 1. The van der Waals surface area contributed by atoms with E-state index < -0.39 is 11.8 Å². The third-order valence-corrected chi connectivity index (χ3v) is 5.01. The van der Waals surface area contributed by atoms with Crippen molar-refractivity contribution in [1.29, 1.82) is 0 Å². The predicted octanol–water partition coefficient (Wildman–Crippen LogP) is 4.17. The molecule has 0 atom stereocenters. The Morgan fingerprint density at radius 1 is 1.09 bits per heavy atom. The van der Waals surface area contributed by atoms with Crippen LogP contribution in [0.1, 0.15) is 15.9 Å². The van der Waals surface area contributed by atoms with Crippen LogP contribution < -0.4 is 15.4 Å². The van der Waals surface area contributed by atoms with Gasteiger partial charge in [0, 0.05) is 12.7 Å². The number of halogens is 2. The highest BCUT2D eigenvalue weighted by atomic mass is 79.9. The summed E-state index contributed by atoms with van der Waals surface area (Å²) in [7, 11) is 0. The van der Waals surface area contributed by atoms with E-state index in [0.717, 1.165) is 4.47 Å². The summed E-state index contributed by atoms with van der Waals surface area (Å²) in [5.74, 6) is 0.219. The molecule has 0 aliphatic rings. The van der Waals surface area contributed by atoms with Crippen molar-refractivity contribution in [2.45, 2.75) is 0 Å². The number of hydrogen-bond donors (Lipinski definition) is 3. The highest BCUT2D eigenvalue weighted by Crippen LogP contribution is 2.29. The zero-order chi connectivity index (χ0) is 22.9. The summed E-state index contributed by atoms with van der Waals surface area (Å²) in [6.07, 6.45) is 2.84. The van der Waals surface area contributed by atoms with Gasteiger partial charge in [0.15, 0.2) is 0 Å². The Bertz CT molecular complexity index is 1120. The third-order valence-electron chi connectivity index (χ3n) is 4.14. The number of ether oxygens (including phenoxy) is 1. The van der Waals surface area contributed by atoms with Gasteiger partial charge in [-0.2, -0.15) is 0 Å². The lowest BCUT2D eigenvalue weighted by molar-refractivity contribution is -0.117. The lowest BCUT2D eigenvalue weighted by Crippen LogP contribution is -2.36. The molecule has 0 unspecified atom stereocenters. The van der Waals surface area contributed by atoms with Crippen molar-refractivity contribution in [3.8, 4) is 11.5 Å². The number of benzene rings is 2. The number of amides is 2. The highest BCUT2D eigenvalue weighted by molar-refractivity contribution is 9.10. The summed E-state index contributed by atoms with van der Waals surface area (Å²) >= 11 is 9.19. The van der Waals surface area contributed by atoms with Gasteiger partial charge in [0.25, 0.3) is 11.8 Å². The van der Waals surface area contributed by atoms with Gasteiger partial charge in [-0.3, -0.25) is 9.59 Å². The second-order valence-corrected chi connectivity index (χ2v) is 7.70. The summed E-state index contributed by atoms with van der Waals surface area (Å²) in [5.41, 5.74) is 0.915. The van der Waals surface area contributed by atoms with E-state index in [4.69, 9.17) is 21.4 Å². The highest BCUT2D eigenvalue weighted by Gasteiger charge is 2.15. The van der Waals surface area contributed by atoms with Gasteiger partial charge in [-0.25, -0.2) is 4.98 Å². The van der Waals surface area contributed by atoms with Gasteiger partial charge in [0.05, 0.1) is 16.6 Å². The molecule has 2 amide bonds. The topological polar surface area (TPSA) is 101 Å².